The third-order valence-corrected chi connectivity index (χ3v) is 6.86. The molecule has 0 saturated heterocycles. The lowest BCUT2D eigenvalue weighted by Crippen LogP contribution is -2.49. The molecule has 1 aliphatic heterocycles. The Balaban J connectivity index is 1.67. The zero-order chi connectivity index (χ0) is 21.5. The van der Waals surface area contributed by atoms with Gasteiger partial charge in [0.1, 0.15) is 0 Å². The van der Waals surface area contributed by atoms with E-state index in [1.54, 1.807) is 0 Å². The van der Waals surface area contributed by atoms with Gasteiger partial charge in [0, 0.05) is 24.1 Å². The van der Waals surface area contributed by atoms with Crippen LogP contribution in [0.1, 0.15) is 61.6 Å². The number of aliphatic hydroxyl groups is 2. The molecule has 2 atom stereocenters. The molecule has 0 radical (unpaired) electrons. The Bertz CT molecular complexity index is 1140. The molecule has 0 aromatic heterocycles. The summed E-state index contributed by atoms with van der Waals surface area (Å²) in [5.41, 5.74) is 8.07. The van der Waals surface area contributed by atoms with Crippen LogP contribution in [0.15, 0.2) is 60.7 Å². The van der Waals surface area contributed by atoms with Gasteiger partial charge < -0.3 is 15.1 Å². The second-order valence-electron chi connectivity index (χ2n) is 8.73. The Morgan fingerprint density at radius 1 is 0.935 bits per heavy atom. The number of hydrogen-bond donors (Lipinski definition) is 2. The molecule has 1 amide bonds. The highest BCUT2D eigenvalue weighted by molar-refractivity contribution is 5.98. The van der Waals surface area contributed by atoms with Crippen LogP contribution in [0.5, 0.6) is 0 Å². The number of carbonyl (C=O) groups is 1. The average Bonchev–Trinajstić information content (AvgIpc) is 2.80. The largest absolute Gasteiger partial charge is 0.392 e. The van der Waals surface area contributed by atoms with E-state index in [0.717, 1.165) is 46.2 Å². The molecule has 31 heavy (non-hydrogen) atoms. The van der Waals surface area contributed by atoms with Gasteiger partial charge in [0.2, 0.25) is 0 Å². The predicted molar refractivity (Wildman–Crippen MR) is 120 cm³/mol. The first-order valence-corrected chi connectivity index (χ1v) is 10.9. The SMILES string of the molecule is Cc1ccc2c(c1)[C@@H]1c3cc(CO)c(CO)cc3CC[C@H]1N(Cc1ccccc1)C2=O. The molecule has 0 fully saturated rings. The Morgan fingerprint density at radius 2 is 1.68 bits per heavy atom. The maximum absolute atomic E-state index is 13.6. The van der Waals surface area contributed by atoms with E-state index in [9.17, 15) is 15.0 Å². The van der Waals surface area contributed by atoms with Gasteiger partial charge in [0.15, 0.2) is 0 Å². The molecular formula is C27H27NO3. The van der Waals surface area contributed by atoms with Crippen LogP contribution in [0.25, 0.3) is 0 Å². The molecule has 0 spiro atoms. The summed E-state index contributed by atoms with van der Waals surface area (Å²) in [6.07, 6.45) is 1.74. The van der Waals surface area contributed by atoms with Crippen molar-refractivity contribution in [2.24, 2.45) is 0 Å². The van der Waals surface area contributed by atoms with Crippen molar-refractivity contribution in [1.82, 2.24) is 4.90 Å². The molecule has 1 heterocycles. The van der Waals surface area contributed by atoms with E-state index < -0.39 is 0 Å². The van der Waals surface area contributed by atoms with Gasteiger partial charge in [-0.25, -0.2) is 0 Å². The quantitative estimate of drug-likeness (QED) is 0.678. The average molecular weight is 414 g/mol. The predicted octanol–water partition coefficient (Wildman–Crippen LogP) is 4.08. The van der Waals surface area contributed by atoms with Crippen molar-refractivity contribution in [1.29, 1.82) is 0 Å². The van der Waals surface area contributed by atoms with E-state index in [0.29, 0.717) is 6.54 Å². The van der Waals surface area contributed by atoms with E-state index in [4.69, 9.17) is 0 Å². The van der Waals surface area contributed by atoms with E-state index >= 15 is 0 Å². The van der Waals surface area contributed by atoms with Crippen LogP contribution in [0, 0.1) is 6.92 Å². The fourth-order valence-electron chi connectivity index (χ4n) is 5.36. The summed E-state index contributed by atoms with van der Waals surface area (Å²) in [4.78, 5) is 15.6. The Kier molecular flexibility index (Phi) is 5.12. The van der Waals surface area contributed by atoms with Crippen molar-refractivity contribution >= 4 is 5.91 Å². The Morgan fingerprint density at radius 3 is 2.42 bits per heavy atom. The summed E-state index contributed by atoms with van der Waals surface area (Å²) in [5, 5.41) is 19.7. The molecule has 2 N–H and O–H groups in total. The van der Waals surface area contributed by atoms with E-state index in [2.05, 4.69) is 31.2 Å². The minimum absolute atomic E-state index is 0.0677. The first-order valence-electron chi connectivity index (χ1n) is 10.9. The zero-order valence-electron chi connectivity index (χ0n) is 17.7. The monoisotopic (exact) mass is 413 g/mol. The number of rotatable bonds is 4. The standard InChI is InChI=1S/C27H27NO3/c1-17-7-9-22-24(11-17)26-23-13-21(16-30)20(15-29)12-19(23)8-10-25(26)28(27(22)31)14-18-5-3-2-4-6-18/h2-7,9,11-13,25-26,29-30H,8,10,14-16H2,1H3/t25-,26+/m1/s1. The van der Waals surface area contributed by atoms with Gasteiger partial charge in [-0.3, -0.25) is 4.79 Å². The molecule has 5 rings (SSSR count). The summed E-state index contributed by atoms with van der Waals surface area (Å²) in [7, 11) is 0. The maximum atomic E-state index is 13.6. The molecule has 158 valence electrons. The molecule has 0 bridgehead atoms. The second-order valence-corrected chi connectivity index (χ2v) is 8.73. The van der Waals surface area contributed by atoms with Crippen LogP contribution in [0.3, 0.4) is 0 Å². The van der Waals surface area contributed by atoms with Crippen molar-refractivity contribution in [3.8, 4) is 0 Å². The fourth-order valence-corrected chi connectivity index (χ4v) is 5.36. The molecule has 0 saturated carbocycles. The number of hydrogen-bond acceptors (Lipinski definition) is 3. The second kappa shape index (κ2) is 7.95. The third-order valence-electron chi connectivity index (χ3n) is 6.86. The van der Waals surface area contributed by atoms with Gasteiger partial charge in [0.25, 0.3) is 5.91 Å². The van der Waals surface area contributed by atoms with Crippen LogP contribution in [-0.2, 0) is 26.2 Å². The van der Waals surface area contributed by atoms with Gasteiger partial charge in [-0.05, 0) is 59.2 Å². The molecule has 3 aromatic rings. The summed E-state index contributed by atoms with van der Waals surface area (Å²) in [6, 6.07) is 20.5. The van der Waals surface area contributed by atoms with Crippen LogP contribution in [0.4, 0.5) is 0 Å². The number of nitrogens with zero attached hydrogens (tertiary/aromatic N) is 1. The number of aryl methyl sites for hydroxylation is 2. The third kappa shape index (κ3) is 3.36. The first kappa shape index (κ1) is 20.0. The highest BCUT2D eigenvalue weighted by atomic mass is 16.3. The number of fused-ring (bicyclic) bond motifs is 5. The molecular weight excluding hydrogens is 386 g/mol. The van der Waals surface area contributed by atoms with Crippen molar-refractivity contribution in [3.63, 3.8) is 0 Å². The molecule has 1 aliphatic carbocycles. The lowest BCUT2D eigenvalue weighted by molar-refractivity contribution is 0.0586. The van der Waals surface area contributed by atoms with Gasteiger partial charge >= 0.3 is 0 Å². The maximum Gasteiger partial charge on any atom is 0.254 e. The summed E-state index contributed by atoms with van der Waals surface area (Å²) >= 11 is 0. The van der Waals surface area contributed by atoms with E-state index in [1.165, 1.54) is 11.1 Å². The zero-order valence-corrected chi connectivity index (χ0v) is 17.7. The van der Waals surface area contributed by atoms with Gasteiger partial charge in [-0.1, -0.05) is 60.2 Å². The summed E-state index contributed by atoms with van der Waals surface area (Å²) in [6.45, 7) is 2.47. The fraction of sp³-hybridized carbons (Fsp3) is 0.296. The molecule has 0 unspecified atom stereocenters. The van der Waals surface area contributed by atoms with Crippen molar-refractivity contribution < 1.29 is 15.0 Å². The van der Waals surface area contributed by atoms with Crippen LogP contribution >= 0.6 is 0 Å². The van der Waals surface area contributed by atoms with Gasteiger partial charge in [-0.15, -0.1) is 0 Å². The van der Waals surface area contributed by atoms with E-state index in [1.807, 2.05) is 41.3 Å². The smallest absolute Gasteiger partial charge is 0.254 e. The van der Waals surface area contributed by atoms with Crippen LogP contribution in [0.2, 0.25) is 0 Å². The lowest BCUT2D eigenvalue weighted by Gasteiger charge is -2.46. The lowest BCUT2D eigenvalue weighted by atomic mass is 9.70. The molecule has 4 heteroatoms. The number of aliphatic hydroxyl groups excluding tert-OH is 2. The number of benzene rings is 3. The summed E-state index contributed by atoms with van der Waals surface area (Å²) in [5.74, 6) is 0.163. The minimum Gasteiger partial charge on any atom is -0.392 e. The van der Waals surface area contributed by atoms with Crippen LogP contribution in [-0.4, -0.2) is 27.1 Å². The summed E-state index contributed by atoms with van der Waals surface area (Å²) < 4.78 is 0. The minimum atomic E-state index is -0.103. The van der Waals surface area contributed by atoms with Gasteiger partial charge in [-0.2, -0.15) is 0 Å². The first-order chi connectivity index (χ1) is 15.1. The normalized spacial score (nSPS) is 19.6. The number of carbonyl (C=O) groups excluding carboxylic acids is 1. The Labute approximate surface area is 182 Å². The highest BCUT2D eigenvalue weighted by Gasteiger charge is 2.43. The number of amides is 1. The van der Waals surface area contributed by atoms with E-state index in [-0.39, 0.29) is 31.1 Å². The van der Waals surface area contributed by atoms with Crippen molar-refractivity contribution in [3.05, 3.63) is 105 Å². The van der Waals surface area contributed by atoms with Crippen molar-refractivity contribution in [2.75, 3.05) is 0 Å². The Hall–Kier alpha value is -2.95. The van der Waals surface area contributed by atoms with Crippen molar-refractivity contribution in [2.45, 2.75) is 51.5 Å². The molecule has 4 nitrogen and oxygen atoms in total. The highest BCUT2D eigenvalue weighted by Crippen LogP contribution is 2.45. The topological polar surface area (TPSA) is 60.8 Å². The van der Waals surface area contributed by atoms with Crippen LogP contribution < -0.4 is 0 Å². The molecule has 2 aliphatic rings. The van der Waals surface area contributed by atoms with Gasteiger partial charge in [0.05, 0.1) is 13.2 Å². The molecule has 3 aromatic carbocycles.